The van der Waals surface area contributed by atoms with Crippen LogP contribution in [-0.4, -0.2) is 34.1 Å². The molecule has 1 unspecified atom stereocenters. The molecule has 1 heterocycles. The van der Waals surface area contributed by atoms with Gasteiger partial charge < -0.3 is 10.0 Å². The zero-order valence-electron chi connectivity index (χ0n) is 9.14. The molecular formula is C10H15N3O2. The molecule has 1 atom stereocenters. The van der Waals surface area contributed by atoms with Crippen LogP contribution in [0.1, 0.15) is 30.8 Å². The van der Waals surface area contributed by atoms with Crippen molar-refractivity contribution in [1.29, 1.82) is 0 Å². The van der Waals surface area contributed by atoms with Gasteiger partial charge in [0.15, 0.2) is 5.69 Å². The molecule has 1 rings (SSSR count). The van der Waals surface area contributed by atoms with Crippen LogP contribution < -0.4 is 4.90 Å². The summed E-state index contributed by atoms with van der Waals surface area (Å²) < 4.78 is 0. The molecular weight excluding hydrogens is 194 g/mol. The highest BCUT2D eigenvalue weighted by atomic mass is 16.4. The van der Waals surface area contributed by atoms with E-state index in [4.69, 9.17) is 5.11 Å². The number of rotatable bonds is 4. The predicted octanol–water partition coefficient (Wildman–Crippen LogP) is 1.41. The van der Waals surface area contributed by atoms with E-state index in [1.54, 1.807) is 0 Å². The lowest BCUT2D eigenvalue weighted by atomic mass is 10.2. The highest BCUT2D eigenvalue weighted by molar-refractivity contribution is 5.85. The quantitative estimate of drug-likeness (QED) is 0.812. The Kier molecular flexibility index (Phi) is 3.60. The summed E-state index contributed by atoms with van der Waals surface area (Å²) in [5.74, 6) is -0.583. The number of anilines is 1. The average molecular weight is 209 g/mol. The van der Waals surface area contributed by atoms with Crippen LogP contribution in [0.5, 0.6) is 0 Å². The van der Waals surface area contributed by atoms with Crippen LogP contribution in [-0.2, 0) is 0 Å². The Morgan fingerprint density at radius 3 is 2.87 bits per heavy atom. The Morgan fingerprint density at radius 1 is 1.67 bits per heavy atom. The van der Waals surface area contributed by atoms with Crippen LogP contribution in [0, 0.1) is 0 Å². The van der Waals surface area contributed by atoms with E-state index in [2.05, 4.69) is 16.9 Å². The second-order valence-corrected chi connectivity index (χ2v) is 3.42. The summed E-state index contributed by atoms with van der Waals surface area (Å²) >= 11 is 0. The maximum atomic E-state index is 10.7. The Labute approximate surface area is 88.8 Å². The van der Waals surface area contributed by atoms with E-state index >= 15 is 0 Å². The molecule has 1 aromatic heterocycles. The van der Waals surface area contributed by atoms with E-state index in [0.29, 0.717) is 5.95 Å². The first-order chi connectivity index (χ1) is 7.06. The maximum Gasteiger partial charge on any atom is 0.354 e. The minimum Gasteiger partial charge on any atom is -0.477 e. The van der Waals surface area contributed by atoms with Crippen molar-refractivity contribution in [3.8, 4) is 0 Å². The highest BCUT2D eigenvalue weighted by Crippen LogP contribution is 2.10. The van der Waals surface area contributed by atoms with Crippen LogP contribution in [0.4, 0.5) is 5.95 Å². The van der Waals surface area contributed by atoms with Gasteiger partial charge in [0.25, 0.3) is 0 Å². The molecule has 0 amide bonds. The van der Waals surface area contributed by atoms with Crippen LogP contribution in [0.15, 0.2) is 12.3 Å². The number of aromatic carboxylic acids is 1. The molecule has 0 aliphatic carbocycles. The van der Waals surface area contributed by atoms with Crippen molar-refractivity contribution in [2.24, 2.45) is 0 Å². The molecule has 5 nitrogen and oxygen atoms in total. The van der Waals surface area contributed by atoms with Gasteiger partial charge in [0.1, 0.15) is 0 Å². The third-order valence-corrected chi connectivity index (χ3v) is 2.43. The standard InChI is InChI=1S/C10H15N3O2/c1-4-7(2)13(3)10-11-6-5-8(12-10)9(14)15/h5-7H,4H2,1-3H3,(H,14,15). The van der Waals surface area contributed by atoms with E-state index in [1.165, 1.54) is 12.3 Å². The molecule has 5 heteroatoms. The molecule has 0 aliphatic heterocycles. The van der Waals surface area contributed by atoms with E-state index in [0.717, 1.165) is 6.42 Å². The smallest absolute Gasteiger partial charge is 0.354 e. The fourth-order valence-electron chi connectivity index (χ4n) is 1.11. The fourth-order valence-corrected chi connectivity index (χ4v) is 1.11. The van der Waals surface area contributed by atoms with Crippen LogP contribution in [0.2, 0.25) is 0 Å². The van der Waals surface area contributed by atoms with Gasteiger partial charge in [-0.15, -0.1) is 0 Å². The van der Waals surface area contributed by atoms with Gasteiger partial charge >= 0.3 is 5.97 Å². The van der Waals surface area contributed by atoms with E-state index in [1.807, 2.05) is 18.9 Å². The minimum atomic E-state index is -1.03. The normalized spacial score (nSPS) is 12.2. The van der Waals surface area contributed by atoms with E-state index < -0.39 is 5.97 Å². The van der Waals surface area contributed by atoms with Gasteiger partial charge in [0, 0.05) is 19.3 Å². The number of aromatic nitrogens is 2. The molecule has 0 aromatic carbocycles. The van der Waals surface area contributed by atoms with Gasteiger partial charge in [-0.25, -0.2) is 14.8 Å². The van der Waals surface area contributed by atoms with Crippen molar-refractivity contribution in [2.75, 3.05) is 11.9 Å². The Balaban J connectivity index is 2.94. The number of hydrogen-bond donors (Lipinski definition) is 1. The monoisotopic (exact) mass is 209 g/mol. The van der Waals surface area contributed by atoms with Gasteiger partial charge in [-0.3, -0.25) is 0 Å². The number of hydrogen-bond acceptors (Lipinski definition) is 4. The molecule has 15 heavy (non-hydrogen) atoms. The molecule has 0 bridgehead atoms. The topological polar surface area (TPSA) is 66.3 Å². The van der Waals surface area contributed by atoms with Gasteiger partial charge in [0.2, 0.25) is 5.95 Å². The predicted molar refractivity (Wildman–Crippen MR) is 57.1 cm³/mol. The summed E-state index contributed by atoms with van der Waals surface area (Å²) in [6.07, 6.45) is 2.42. The van der Waals surface area contributed by atoms with Crippen molar-refractivity contribution in [3.05, 3.63) is 18.0 Å². The molecule has 0 aliphatic rings. The van der Waals surface area contributed by atoms with Crippen molar-refractivity contribution < 1.29 is 9.90 Å². The molecule has 82 valence electrons. The number of carboxylic acids is 1. The minimum absolute atomic E-state index is 0.0233. The molecule has 0 radical (unpaired) electrons. The van der Waals surface area contributed by atoms with Crippen molar-refractivity contribution in [1.82, 2.24) is 9.97 Å². The molecule has 0 fully saturated rings. The first-order valence-electron chi connectivity index (χ1n) is 4.85. The maximum absolute atomic E-state index is 10.7. The summed E-state index contributed by atoms with van der Waals surface area (Å²) in [7, 11) is 1.86. The third kappa shape index (κ3) is 2.65. The molecule has 0 saturated heterocycles. The summed E-state index contributed by atoms with van der Waals surface area (Å²) in [6, 6.07) is 1.67. The van der Waals surface area contributed by atoms with Crippen LogP contribution in [0.25, 0.3) is 0 Å². The fraction of sp³-hybridized carbons (Fsp3) is 0.500. The largest absolute Gasteiger partial charge is 0.477 e. The number of nitrogens with zero attached hydrogens (tertiary/aromatic N) is 3. The van der Waals surface area contributed by atoms with Gasteiger partial charge in [0.05, 0.1) is 0 Å². The summed E-state index contributed by atoms with van der Waals surface area (Å²) in [6.45, 7) is 4.10. The summed E-state index contributed by atoms with van der Waals surface area (Å²) in [5.41, 5.74) is 0.0233. The van der Waals surface area contributed by atoms with Crippen molar-refractivity contribution in [2.45, 2.75) is 26.3 Å². The number of carboxylic acid groups (broad SMARTS) is 1. The molecule has 0 spiro atoms. The first kappa shape index (κ1) is 11.4. The van der Waals surface area contributed by atoms with E-state index in [-0.39, 0.29) is 11.7 Å². The zero-order valence-corrected chi connectivity index (χ0v) is 9.14. The van der Waals surface area contributed by atoms with Gasteiger partial charge in [-0.1, -0.05) is 6.92 Å². The zero-order chi connectivity index (χ0) is 11.4. The average Bonchev–Trinajstić information content (AvgIpc) is 2.27. The summed E-state index contributed by atoms with van der Waals surface area (Å²) in [5, 5.41) is 8.78. The first-order valence-corrected chi connectivity index (χ1v) is 4.85. The van der Waals surface area contributed by atoms with Gasteiger partial charge in [-0.05, 0) is 19.4 Å². The second-order valence-electron chi connectivity index (χ2n) is 3.42. The summed E-state index contributed by atoms with van der Waals surface area (Å²) in [4.78, 5) is 20.6. The number of carbonyl (C=O) groups is 1. The SMILES string of the molecule is CCC(C)N(C)c1nccc(C(=O)O)n1. The lowest BCUT2D eigenvalue weighted by Crippen LogP contribution is -2.30. The highest BCUT2D eigenvalue weighted by Gasteiger charge is 2.12. The van der Waals surface area contributed by atoms with Gasteiger partial charge in [-0.2, -0.15) is 0 Å². The van der Waals surface area contributed by atoms with Crippen molar-refractivity contribution in [3.63, 3.8) is 0 Å². The second kappa shape index (κ2) is 4.72. The lowest BCUT2D eigenvalue weighted by Gasteiger charge is -2.23. The Hall–Kier alpha value is -1.65. The Morgan fingerprint density at radius 2 is 2.33 bits per heavy atom. The molecule has 0 saturated carbocycles. The Bertz CT molecular complexity index is 354. The van der Waals surface area contributed by atoms with Crippen LogP contribution >= 0.6 is 0 Å². The van der Waals surface area contributed by atoms with Crippen molar-refractivity contribution >= 4 is 11.9 Å². The lowest BCUT2D eigenvalue weighted by molar-refractivity contribution is 0.0690. The third-order valence-electron chi connectivity index (χ3n) is 2.43. The van der Waals surface area contributed by atoms with E-state index in [9.17, 15) is 4.79 Å². The molecule has 1 N–H and O–H groups in total. The van der Waals surface area contributed by atoms with Crippen LogP contribution in [0.3, 0.4) is 0 Å². The molecule has 1 aromatic rings.